The van der Waals surface area contributed by atoms with Crippen molar-refractivity contribution in [1.82, 2.24) is 24.6 Å². The van der Waals surface area contributed by atoms with E-state index >= 15 is 0 Å². The van der Waals surface area contributed by atoms with Gasteiger partial charge in [-0.05, 0) is 38.7 Å². The molecule has 2 aromatic rings. The normalized spacial score (nSPS) is 19.5. The number of hydrogen-bond donors (Lipinski definition) is 0. The number of hydrogen-bond acceptors (Lipinski definition) is 6. The SMILES string of the molecule is Cc1nc(C2CCCN(C(=O)c3ccc(=O)n(C)n3)C2)nc2c1CCCN2C. The summed E-state index contributed by atoms with van der Waals surface area (Å²) in [5, 5.41) is 4.10. The Morgan fingerprint density at radius 3 is 2.75 bits per heavy atom. The van der Waals surface area contributed by atoms with Gasteiger partial charge in [0.1, 0.15) is 17.3 Å². The summed E-state index contributed by atoms with van der Waals surface area (Å²) in [6.07, 6.45) is 4.02. The molecule has 1 fully saturated rings. The van der Waals surface area contributed by atoms with E-state index in [2.05, 4.69) is 24.0 Å². The van der Waals surface area contributed by atoms with E-state index in [1.807, 2.05) is 4.90 Å². The summed E-state index contributed by atoms with van der Waals surface area (Å²) in [6, 6.07) is 2.89. The van der Waals surface area contributed by atoms with Gasteiger partial charge in [-0.15, -0.1) is 0 Å². The van der Waals surface area contributed by atoms with Crippen LogP contribution in [0.5, 0.6) is 0 Å². The monoisotopic (exact) mass is 382 g/mol. The Morgan fingerprint density at radius 2 is 1.96 bits per heavy atom. The van der Waals surface area contributed by atoms with Crippen LogP contribution in [0.1, 0.15) is 52.8 Å². The van der Waals surface area contributed by atoms with Crippen LogP contribution in [0.4, 0.5) is 5.82 Å². The minimum Gasteiger partial charge on any atom is -0.359 e. The number of carbonyl (C=O) groups is 1. The highest BCUT2D eigenvalue weighted by molar-refractivity contribution is 5.92. The molecule has 28 heavy (non-hydrogen) atoms. The second kappa shape index (κ2) is 7.33. The number of likely N-dealkylation sites (tertiary alicyclic amines) is 1. The second-order valence-electron chi connectivity index (χ2n) is 7.77. The Bertz CT molecular complexity index is 970. The van der Waals surface area contributed by atoms with Gasteiger partial charge in [-0.3, -0.25) is 9.59 Å². The fourth-order valence-corrected chi connectivity index (χ4v) is 4.14. The molecule has 0 spiro atoms. The molecule has 2 aliphatic rings. The van der Waals surface area contributed by atoms with Crippen LogP contribution in [-0.4, -0.2) is 57.2 Å². The lowest BCUT2D eigenvalue weighted by Crippen LogP contribution is -2.40. The highest BCUT2D eigenvalue weighted by Crippen LogP contribution is 2.31. The van der Waals surface area contributed by atoms with E-state index in [1.165, 1.54) is 22.4 Å². The van der Waals surface area contributed by atoms with E-state index in [4.69, 9.17) is 9.97 Å². The minimum atomic E-state index is -0.227. The largest absolute Gasteiger partial charge is 0.359 e. The van der Waals surface area contributed by atoms with Gasteiger partial charge in [-0.2, -0.15) is 5.10 Å². The smallest absolute Gasteiger partial charge is 0.274 e. The predicted molar refractivity (Wildman–Crippen MR) is 106 cm³/mol. The van der Waals surface area contributed by atoms with Crippen LogP contribution in [-0.2, 0) is 13.5 Å². The third kappa shape index (κ3) is 3.39. The van der Waals surface area contributed by atoms with Crippen molar-refractivity contribution < 1.29 is 4.79 Å². The maximum atomic E-state index is 12.9. The molecule has 2 aliphatic heterocycles. The zero-order chi connectivity index (χ0) is 19.8. The van der Waals surface area contributed by atoms with Gasteiger partial charge in [0.2, 0.25) is 0 Å². The van der Waals surface area contributed by atoms with E-state index in [-0.39, 0.29) is 17.4 Å². The molecule has 0 radical (unpaired) electrons. The Balaban J connectivity index is 1.58. The molecule has 148 valence electrons. The molecular formula is C20H26N6O2. The number of aromatic nitrogens is 4. The lowest BCUT2D eigenvalue weighted by Gasteiger charge is -2.33. The molecule has 8 nitrogen and oxygen atoms in total. The molecule has 4 rings (SSSR count). The second-order valence-corrected chi connectivity index (χ2v) is 7.77. The van der Waals surface area contributed by atoms with Crippen molar-refractivity contribution in [2.75, 3.05) is 31.6 Å². The van der Waals surface area contributed by atoms with Crippen molar-refractivity contribution in [3.63, 3.8) is 0 Å². The van der Waals surface area contributed by atoms with E-state index in [0.717, 1.165) is 49.6 Å². The molecular weight excluding hydrogens is 356 g/mol. The number of carbonyl (C=O) groups excluding carboxylic acids is 1. The van der Waals surface area contributed by atoms with Crippen LogP contribution < -0.4 is 10.5 Å². The molecule has 0 aromatic carbocycles. The number of amides is 1. The molecule has 2 aromatic heterocycles. The highest BCUT2D eigenvalue weighted by Gasteiger charge is 2.30. The van der Waals surface area contributed by atoms with E-state index in [9.17, 15) is 9.59 Å². The quantitative estimate of drug-likeness (QED) is 0.778. The van der Waals surface area contributed by atoms with Gasteiger partial charge in [0.15, 0.2) is 0 Å². The molecule has 0 N–H and O–H groups in total. The molecule has 1 atom stereocenters. The van der Waals surface area contributed by atoms with Gasteiger partial charge < -0.3 is 9.80 Å². The zero-order valence-corrected chi connectivity index (χ0v) is 16.7. The van der Waals surface area contributed by atoms with Gasteiger partial charge in [-0.1, -0.05) is 0 Å². The van der Waals surface area contributed by atoms with Crippen LogP contribution in [0.15, 0.2) is 16.9 Å². The summed E-state index contributed by atoms with van der Waals surface area (Å²) in [7, 11) is 3.63. The van der Waals surface area contributed by atoms with Crippen molar-refractivity contribution in [2.45, 2.75) is 38.5 Å². The summed E-state index contributed by atoms with van der Waals surface area (Å²) < 4.78 is 1.19. The van der Waals surface area contributed by atoms with Gasteiger partial charge in [0.25, 0.3) is 11.5 Å². The summed E-state index contributed by atoms with van der Waals surface area (Å²) >= 11 is 0. The van der Waals surface area contributed by atoms with Crippen LogP contribution in [0.3, 0.4) is 0 Å². The average molecular weight is 382 g/mol. The van der Waals surface area contributed by atoms with Gasteiger partial charge >= 0.3 is 0 Å². The Kier molecular flexibility index (Phi) is 4.87. The molecule has 4 heterocycles. The number of nitrogens with zero attached hydrogens (tertiary/aromatic N) is 6. The zero-order valence-electron chi connectivity index (χ0n) is 16.7. The fraction of sp³-hybridized carbons (Fsp3) is 0.550. The van der Waals surface area contributed by atoms with Gasteiger partial charge in [0, 0.05) is 57.0 Å². The van der Waals surface area contributed by atoms with E-state index in [0.29, 0.717) is 18.8 Å². The van der Waals surface area contributed by atoms with Gasteiger partial charge in [-0.25, -0.2) is 14.6 Å². The van der Waals surface area contributed by atoms with Crippen LogP contribution in [0, 0.1) is 6.92 Å². The van der Waals surface area contributed by atoms with Crippen molar-refractivity contribution in [3.8, 4) is 0 Å². The highest BCUT2D eigenvalue weighted by atomic mass is 16.2. The van der Waals surface area contributed by atoms with Crippen LogP contribution in [0.25, 0.3) is 0 Å². The van der Waals surface area contributed by atoms with Crippen molar-refractivity contribution in [1.29, 1.82) is 0 Å². The molecule has 8 heteroatoms. The Labute approximate surface area is 164 Å². The average Bonchev–Trinajstić information content (AvgIpc) is 2.70. The fourth-order valence-electron chi connectivity index (χ4n) is 4.14. The predicted octanol–water partition coefficient (Wildman–Crippen LogP) is 1.28. The third-order valence-corrected chi connectivity index (χ3v) is 5.74. The first-order valence-corrected chi connectivity index (χ1v) is 9.86. The first kappa shape index (κ1) is 18.6. The molecule has 1 amide bonds. The first-order chi connectivity index (χ1) is 13.4. The number of aryl methyl sites for hydroxylation is 2. The van der Waals surface area contributed by atoms with Crippen molar-refractivity contribution in [2.24, 2.45) is 7.05 Å². The van der Waals surface area contributed by atoms with Crippen molar-refractivity contribution >= 4 is 11.7 Å². The van der Waals surface area contributed by atoms with Gasteiger partial charge in [0.05, 0.1) is 0 Å². The lowest BCUT2D eigenvalue weighted by molar-refractivity contribution is 0.0696. The summed E-state index contributed by atoms with van der Waals surface area (Å²) in [6.45, 7) is 4.33. The maximum absolute atomic E-state index is 12.9. The number of anilines is 1. The van der Waals surface area contributed by atoms with Crippen molar-refractivity contribution in [3.05, 3.63) is 45.3 Å². The minimum absolute atomic E-state index is 0.115. The third-order valence-electron chi connectivity index (χ3n) is 5.74. The molecule has 1 saturated heterocycles. The molecule has 0 bridgehead atoms. The van der Waals surface area contributed by atoms with E-state index < -0.39 is 0 Å². The summed E-state index contributed by atoms with van der Waals surface area (Å²) in [5.41, 5.74) is 2.37. The number of piperidine rings is 1. The molecule has 1 unspecified atom stereocenters. The topological polar surface area (TPSA) is 84.2 Å². The summed E-state index contributed by atoms with van der Waals surface area (Å²) in [4.78, 5) is 38.1. The Hall–Kier alpha value is -2.77. The molecule has 0 aliphatic carbocycles. The van der Waals surface area contributed by atoms with Crippen LogP contribution >= 0.6 is 0 Å². The van der Waals surface area contributed by atoms with Crippen LogP contribution in [0.2, 0.25) is 0 Å². The molecule has 0 saturated carbocycles. The maximum Gasteiger partial charge on any atom is 0.274 e. The van der Waals surface area contributed by atoms with E-state index in [1.54, 1.807) is 7.05 Å². The lowest BCUT2D eigenvalue weighted by atomic mass is 9.96. The standard InChI is InChI=1S/C20H26N6O2/c1-13-15-7-5-10-24(2)19(15)22-18(21-13)14-6-4-11-26(12-14)20(28)16-8-9-17(27)25(3)23-16/h8-9,14H,4-7,10-12H2,1-3H3. The Morgan fingerprint density at radius 1 is 1.14 bits per heavy atom. The summed E-state index contributed by atoms with van der Waals surface area (Å²) in [5.74, 6) is 1.84. The number of fused-ring (bicyclic) bond motifs is 1. The number of rotatable bonds is 2. The first-order valence-electron chi connectivity index (χ1n) is 9.86.